The Labute approximate surface area is 134 Å². The van der Waals surface area contributed by atoms with Crippen LogP contribution >= 0.6 is 0 Å². The van der Waals surface area contributed by atoms with Crippen LogP contribution in [0.5, 0.6) is 5.75 Å². The number of nitrogens with one attached hydrogen (secondary N) is 1. The van der Waals surface area contributed by atoms with Gasteiger partial charge in [0.2, 0.25) is 5.91 Å². The summed E-state index contributed by atoms with van der Waals surface area (Å²) in [5.41, 5.74) is -0.000358. The second-order valence-electron chi connectivity index (χ2n) is 5.47. The maximum Gasteiger partial charge on any atom is 0.392 e. The SMILES string of the molecule is O=C(O)C1CCC1C(=O)Nc1ccc(F)cc1OCCC(F)(F)F. The van der Waals surface area contributed by atoms with Gasteiger partial charge >= 0.3 is 12.1 Å². The van der Waals surface area contributed by atoms with Gasteiger partial charge in [-0.3, -0.25) is 9.59 Å². The molecule has 2 N–H and O–H groups in total. The molecule has 2 rings (SSSR count). The van der Waals surface area contributed by atoms with Gasteiger partial charge in [-0.05, 0) is 25.0 Å². The molecule has 0 aliphatic heterocycles. The van der Waals surface area contributed by atoms with Crippen LogP contribution in [0.2, 0.25) is 0 Å². The summed E-state index contributed by atoms with van der Waals surface area (Å²) in [5.74, 6) is -4.15. The molecule has 0 aromatic heterocycles. The van der Waals surface area contributed by atoms with E-state index in [9.17, 15) is 27.2 Å². The van der Waals surface area contributed by atoms with E-state index in [4.69, 9.17) is 9.84 Å². The van der Waals surface area contributed by atoms with Gasteiger partial charge in [0.15, 0.2) is 0 Å². The molecule has 1 amide bonds. The summed E-state index contributed by atoms with van der Waals surface area (Å²) >= 11 is 0. The van der Waals surface area contributed by atoms with E-state index in [1.807, 2.05) is 0 Å². The number of alkyl halides is 3. The van der Waals surface area contributed by atoms with Crippen molar-refractivity contribution >= 4 is 17.6 Å². The second-order valence-corrected chi connectivity index (χ2v) is 5.47. The Bertz CT molecular complexity index is 632. The number of halogens is 4. The predicted molar refractivity (Wildman–Crippen MR) is 75.0 cm³/mol. The van der Waals surface area contributed by atoms with E-state index in [0.717, 1.165) is 18.2 Å². The number of benzene rings is 1. The summed E-state index contributed by atoms with van der Waals surface area (Å²) in [6, 6.07) is 3.04. The monoisotopic (exact) mass is 349 g/mol. The molecule has 0 heterocycles. The van der Waals surface area contributed by atoms with Crippen LogP contribution < -0.4 is 10.1 Å². The summed E-state index contributed by atoms with van der Waals surface area (Å²) < 4.78 is 54.6. The summed E-state index contributed by atoms with van der Waals surface area (Å²) in [7, 11) is 0. The molecule has 9 heteroatoms. The van der Waals surface area contributed by atoms with Crippen molar-refractivity contribution in [2.75, 3.05) is 11.9 Å². The Hall–Kier alpha value is -2.32. The van der Waals surface area contributed by atoms with Crippen molar-refractivity contribution in [3.05, 3.63) is 24.0 Å². The van der Waals surface area contributed by atoms with Gasteiger partial charge in [-0.15, -0.1) is 0 Å². The zero-order valence-corrected chi connectivity index (χ0v) is 12.4. The number of carbonyl (C=O) groups excluding carboxylic acids is 1. The molecule has 1 saturated carbocycles. The van der Waals surface area contributed by atoms with E-state index in [2.05, 4.69) is 5.32 Å². The summed E-state index contributed by atoms with van der Waals surface area (Å²) in [5, 5.41) is 11.3. The van der Waals surface area contributed by atoms with Crippen LogP contribution in [0.4, 0.5) is 23.2 Å². The quantitative estimate of drug-likeness (QED) is 0.774. The molecule has 1 fully saturated rings. The van der Waals surface area contributed by atoms with Crippen LogP contribution in [0, 0.1) is 17.7 Å². The number of carbonyl (C=O) groups is 2. The van der Waals surface area contributed by atoms with E-state index in [1.54, 1.807) is 0 Å². The molecule has 2 atom stereocenters. The average molecular weight is 349 g/mol. The molecule has 0 spiro atoms. The highest BCUT2D eigenvalue weighted by Crippen LogP contribution is 2.36. The summed E-state index contributed by atoms with van der Waals surface area (Å²) in [4.78, 5) is 23.0. The van der Waals surface area contributed by atoms with Crippen LogP contribution in [0.15, 0.2) is 18.2 Å². The van der Waals surface area contributed by atoms with E-state index in [-0.39, 0.29) is 11.4 Å². The summed E-state index contributed by atoms with van der Waals surface area (Å²) in [6.45, 7) is -0.725. The molecule has 2 unspecified atom stereocenters. The Morgan fingerprint density at radius 1 is 1.25 bits per heavy atom. The number of ether oxygens (including phenoxy) is 1. The molecule has 1 aliphatic rings. The lowest BCUT2D eigenvalue weighted by Gasteiger charge is -2.32. The first kappa shape index (κ1) is 18.0. The molecule has 1 aromatic rings. The third-order valence-corrected chi connectivity index (χ3v) is 3.77. The lowest BCUT2D eigenvalue weighted by Crippen LogP contribution is -2.41. The maximum absolute atomic E-state index is 13.3. The smallest absolute Gasteiger partial charge is 0.392 e. The summed E-state index contributed by atoms with van der Waals surface area (Å²) in [6.07, 6.45) is -4.86. The van der Waals surface area contributed by atoms with Gasteiger partial charge in [0, 0.05) is 6.07 Å². The number of hydrogen-bond donors (Lipinski definition) is 2. The van der Waals surface area contributed by atoms with Gasteiger partial charge in [-0.25, -0.2) is 4.39 Å². The zero-order valence-electron chi connectivity index (χ0n) is 12.4. The Kier molecular flexibility index (Phi) is 5.30. The molecule has 0 saturated heterocycles. The number of hydrogen-bond acceptors (Lipinski definition) is 3. The van der Waals surface area contributed by atoms with Crippen LogP contribution in [0.25, 0.3) is 0 Å². The standard InChI is InChI=1S/C15H15F4NO4/c16-8-1-4-11(12(7-8)24-6-5-15(17,18)19)20-13(21)9-2-3-10(9)14(22)23/h1,4,7,9-10H,2-3,5-6H2,(H,20,21)(H,22,23). The number of anilines is 1. The molecular weight excluding hydrogens is 334 g/mol. The Morgan fingerprint density at radius 2 is 1.92 bits per heavy atom. The van der Waals surface area contributed by atoms with Crippen molar-refractivity contribution in [2.24, 2.45) is 11.8 Å². The van der Waals surface area contributed by atoms with Crippen LogP contribution in [-0.2, 0) is 9.59 Å². The number of carboxylic acid groups (broad SMARTS) is 1. The van der Waals surface area contributed by atoms with Crippen LogP contribution in [0.3, 0.4) is 0 Å². The number of carboxylic acids is 1. The van der Waals surface area contributed by atoms with E-state index < -0.39 is 48.7 Å². The fraction of sp³-hybridized carbons (Fsp3) is 0.467. The number of rotatable bonds is 6. The molecule has 24 heavy (non-hydrogen) atoms. The molecule has 0 radical (unpaired) electrons. The molecule has 132 valence electrons. The fourth-order valence-corrected chi connectivity index (χ4v) is 2.33. The molecular formula is C15H15F4NO4. The van der Waals surface area contributed by atoms with Gasteiger partial charge in [0.1, 0.15) is 11.6 Å². The molecule has 1 aliphatic carbocycles. The van der Waals surface area contributed by atoms with Gasteiger partial charge < -0.3 is 15.2 Å². The van der Waals surface area contributed by atoms with Crippen molar-refractivity contribution < 1.29 is 37.0 Å². The van der Waals surface area contributed by atoms with Crippen molar-refractivity contribution in [2.45, 2.75) is 25.4 Å². The lowest BCUT2D eigenvalue weighted by atomic mass is 9.73. The number of amides is 1. The first-order chi connectivity index (χ1) is 11.2. The highest BCUT2D eigenvalue weighted by Gasteiger charge is 2.41. The Morgan fingerprint density at radius 3 is 2.46 bits per heavy atom. The molecule has 5 nitrogen and oxygen atoms in total. The minimum atomic E-state index is -4.42. The van der Waals surface area contributed by atoms with Crippen molar-refractivity contribution in [1.82, 2.24) is 0 Å². The zero-order chi connectivity index (χ0) is 17.9. The number of aliphatic carboxylic acids is 1. The van der Waals surface area contributed by atoms with Gasteiger partial charge in [-0.2, -0.15) is 13.2 Å². The third-order valence-electron chi connectivity index (χ3n) is 3.77. The van der Waals surface area contributed by atoms with E-state index >= 15 is 0 Å². The topological polar surface area (TPSA) is 75.6 Å². The molecule has 1 aromatic carbocycles. The van der Waals surface area contributed by atoms with Gasteiger partial charge in [0.25, 0.3) is 0 Å². The van der Waals surface area contributed by atoms with E-state index in [0.29, 0.717) is 12.8 Å². The van der Waals surface area contributed by atoms with Crippen LogP contribution in [0.1, 0.15) is 19.3 Å². The predicted octanol–water partition coefficient (Wildman–Crippen LogP) is 3.21. The maximum atomic E-state index is 13.3. The first-order valence-electron chi connectivity index (χ1n) is 7.20. The second kappa shape index (κ2) is 7.06. The first-order valence-corrected chi connectivity index (χ1v) is 7.20. The Balaban J connectivity index is 2.04. The highest BCUT2D eigenvalue weighted by molar-refractivity contribution is 5.97. The van der Waals surface area contributed by atoms with E-state index in [1.165, 1.54) is 0 Å². The lowest BCUT2D eigenvalue weighted by molar-refractivity contribution is -0.151. The normalized spacial score (nSPS) is 20.2. The minimum absolute atomic E-state index is 0.000358. The minimum Gasteiger partial charge on any atom is -0.491 e. The van der Waals surface area contributed by atoms with Gasteiger partial charge in [-0.1, -0.05) is 0 Å². The average Bonchev–Trinajstić information content (AvgIpc) is 2.38. The van der Waals surface area contributed by atoms with Gasteiger partial charge in [0.05, 0.1) is 30.6 Å². The highest BCUT2D eigenvalue weighted by atomic mass is 19.4. The molecule has 0 bridgehead atoms. The largest absolute Gasteiger partial charge is 0.491 e. The third kappa shape index (κ3) is 4.59. The van der Waals surface area contributed by atoms with Crippen molar-refractivity contribution in [1.29, 1.82) is 0 Å². The van der Waals surface area contributed by atoms with Crippen molar-refractivity contribution in [3.63, 3.8) is 0 Å². The fourth-order valence-electron chi connectivity index (χ4n) is 2.33. The van der Waals surface area contributed by atoms with Crippen molar-refractivity contribution in [3.8, 4) is 5.75 Å². The van der Waals surface area contributed by atoms with Crippen LogP contribution in [-0.4, -0.2) is 29.8 Å².